The molecule has 8 heteroatoms. The van der Waals surface area contributed by atoms with Gasteiger partial charge in [0, 0.05) is 6.04 Å². The van der Waals surface area contributed by atoms with E-state index in [0.717, 1.165) is 19.3 Å². The van der Waals surface area contributed by atoms with Crippen molar-refractivity contribution in [3.8, 4) is 0 Å². The number of aliphatic carboxylic acids is 1. The van der Waals surface area contributed by atoms with Gasteiger partial charge in [0.2, 0.25) is 0 Å². The monoisotopic (exact) mass is 329 g/mol. The quantitative estimate of drug-likeness (QED) is 0.603. The van der Waals surface area contributed by atoms with Crippen molar-refractivity contribution < 1.29 is 32.3 Å². The van der Waals surface area contributed by atoms with Crippen LogP contribution in [-0.4, -0.2) is 34.9 Å². The van der Waals surface area contributed by atoms with Crippen LogP contribution in [0.5, 0.6) is 0 Å². The van der Waals surface area contributed by atoms with Crippen molar-refractivity contribution in [3.05, 3.63) is 0 Å². The highest BCUT2D eigenvalue weighted by Gasteiger charge is 2.67. The molecular formula is C14H23F4NO3. The summed E-state index contributed by atoms with van der Waals surface area (Å²) in [5.41, 5.74) is 0. The molecule has 0 fully saturated rings. The first kappa shape index (κ1) is 20.7. The molecule has 0 spiro atoms. The molecule has 0 radical (unpaired) electrons. The third-order valence-electron chi connectivity index (χ3n) is 3.61. The maximum atomic E-state index is 13.2. The first-order valence-corrected chi connectivity index (χ1v) is 7.30. The summed E-state index contributed by atoms with van der Waals surface area (Å²) in [6.07, 6.45) is 3.87. The molecule has 0 bridgehead atoms. The Balaban J connectivity index is 4.61. The Morgan fingerprint density at radius 3 is 2.00 bits per heavy atom. The molecule has 0 aromatic carbocycles. The van der Waals surface area contributed by atoms with Gasteiger partial charge in [0.25, 0.3) is 5.91 Å². The van der Waals surface area contributed by atoms with Gasteiger partial charge in [-0.1, -0.05) is 33.1 Å². The Kier molecular flexibility index (Phi) is 7.83. The van der Waals surface area contributed by atoms with E-state index >= 15 is 0 Å². The SMILES string of the molecule is CCCC(CC)CCC(C)NC(=O)C(F)(F)C(F)(F)C(=O)O. The molecule has 2 atom stereocenters. The van der Waals surface area contributed by atoms with E-state index in [1.165, 1.54) is 6.92 Å². The fourth-order valence-electron chi connectivity index (χ4n) is 2.11. The fourth-order valence-corrected chi connectivity index (χ4v) is 2.11. The number of nitrogens with one attached hydrogen (secondary N) is 1. The summed E-state index contributed by atoms with van der Waals surface area (Å²) in [6, 6.07) is -0.742. The number of rotatable bonds is 10. The molecule has 0 aromatic rings. The summed E-state index contributed by atoms with van der Waals surface area (Å²) < 4.78 is 52.3. The number of carbonyl (C=O) groups is 2. The Bertz CT molecular complexity index is 388. The van der Waals surface area contributed by atoms with E-state index in [2.05, 4.69) is 0 Å². The van der Waals surface area contributed by atoms with Crippen LogP contribution in [0.15, 0.2) is 0 Å². The molecule has 0 aliphatic heterocycles. The highest BCUT2D eigenvalue weighted by Crippen LogP contribution is 2.34. The van der Waals surface area contributed by atoms with Gasteiger partial charge in [-0.05, 0) is 25.7 Å². The molecular weight excluding hydrogens is 306 g/mol. The average Bonchev–Trinajstić information content (AvgIpc) is 2.42. The number of carboxylic acid groups (broad SMARTS) is 1. The lowest BCUT2D eigenvalue weighted by Crippen LogP contribution is -2.57. The lowest BCUT2D eigenvalue weighted by Gasteiger charge is -2.24. The van der Waals surface area contributed by atoms with Gasteiger partial charge in [-0.25, -0.2) is 4.79 Å². The van der Waals surface area contributed by atoms with Gasteiger partial charge in [-0.3, -0.25) is 4.79 Å². The van der Waals surface area contributed by atoms with Crippen LogP contribution in [0.3, 0.4) is 0 Å². The van der Waals surface area contributed by atoms with Gasteiger partial charge < -0.3 is 10.4 Å². The average molecular weight is 329 g/mol. The lowest BCUT2D eigenvalue weighted by molar-refractivity contribution is -0.222. The van der Waals surface area contributed by atoms with Crippen molar-refractivity contribution in [1.29, 1.82) is 0 Å². The molecule has 0 rings (SSSR count). The summed E-state index contributed by atoms with van der Waals surface area (Å²) >= 11 is 0. The maximum absolute atomic E-state index is 13.2. The number of hydrogen-bond acceptors (Lipinski definition) is 2. The minimum absolute atomic E-state index is 0.360. The van der Waals surface area contributed by atoms with E-state index < -0.39 is 29.8 Å². The number of carboxylic acids is 1. The molecule has 130 valence electrons. The van der Waals surface area contributed by atoms with Crippen LogP contribution in [0, 0.1) is 5.92 Å². The summed E-state index contributed by atoms with van der Waals surface area (Å²) in [4.78, 5) is 21.4. The first-order valence-electron chi connectivity index (χ1n) is 7.30. The maximum Gasteiger partial charge on any atom is 0.413 e. The van der Waals surface area contributed by atoms with Crippen LogP contribution in [0.25, 0.3) is 0 Å². The van der Waals surface area contributed by atoms with Crippen molar-refractivity contribution in [1.82, 2.24) is 5.32 Å². The first-order chi connectivity index (χ1) is 10.0. The molecule has 0 aliphatic carbocycles. The third kappa shape index (κ3) is 5.14. The summed E-state index contributed by atoms with van der Waals surface area (Å²) in [5, 5.41) is 9.89. The normalized spacial score (nSPS) is 15.2. The second-order valence-corrected chi connectivity index (χ2v) is 5.47. The molecule has 0 saturated carbocycles. The summed E-state index contributed by atoms with van der Waals surface area (Å²) in [6.45, 7) is 5.43. The molecule has 22 heavy (non-hydrogen) atoms. The van der Waals surface area contributed by atoms with Crippen molar-refractivity contribution >= 4 is 11.9 Å². The van der Waals surface area contributed by atoms with E-state index in [9.17, 15) is 27.2 Å². The standard InChI is InChI=1S/C14H23F4NO3/c1-4-6-10(5-2)8-7-9(3)19-11(20)13(15,16)14(17,18)12(21)22/h9-10H,4-8H2,1-3H3,(H,19,20)(H,21,22). The zero-order valence-electron chi connectivity index (χ0n) is 13.0. The van der Waals surface area contributed by atoms with Crippen LogP contribution in [0.4, 0.5) is 17.6 Å². The molecule has 0 aliphatic rings. The smallest absolute Gasteiger partial charge is 0.413 e. The minimum atomic E-state index is -5.44. The van der Waals surface area contributed by atoms with Crippen molar-refractivity contribution in [2.75, 3.05) is 0 Å². The lowest BCUT2D eigenvalue weighted by atomic mass is 9.93. The van der Waals surface area contributed by atoms with Crippen LogP contribution in [-0.2, 0) is 9.59 Å². The van der Waals surface area contributed by atoms with Crippen molar-refractivity contribution in [3.63, 3.8) is 0 Å². The Morgan fingerprint density at radius 1 is 1.05 bits per heavy atom. The molecule has 0 heterocycles. The van der Waals surface area contributed by atoms with Gasteiger partial charge >= 0.3 is 17.8 Å². The molecule has 2 unspecified atom stereocenters. The number of carbonyl (C=O) groups excluding carboxylic acids is 1. The molecule has 0 aromatic heterocycles. The molecule has 1 amide bonds. The number of halogens is 4. The largest absolute Gasteiger partial charge is 0.477 e. The van der Waals surface area contributed by atoms with Gasteiger partial charge in [0.15, 0.2) is 0 Å². The minimum Gasteiger partial charge on any atom is -0.477 e. The van der Waals surface area contributed by atoms with Crippen molar-refractivity contribution in [2.45, 2.75) is 70.8 Å². The molecule has 0 saturated heterocycles. The van der Waals surface area contributed by atoms with Gasteiger partial charge in [-0.2, -0.15) is 17.6 Å². The third-order valence-corrected chi connectivity index (χ3v) is 3.61. The van der Waals surface area contributed by atoms with Gasteiger partial charge in [0.1, 0.15) is 0 Å². The number of hydrogen-bond donors (Lipinski definition) is 2. The fraction of sp³-hybridized carbons (Fsp3) is 0.857. The van der Waals surface area contributed by atoms with Crippen LogP contribution >= 0.6 is 0 Å². The van der Waals surface area contributed by atoms with E-state index in [0.29, 0.717) is 18.8 Å². The second-order valence-electron chi connectivity index (χ2n) is 5.47. The zero-order valence-corrected chi connectivity index (χ0v) is 13.0. The van der Waals surface area contributed by atoms with E-state index in [-0.39, 0.29) is 0 Å². The molecule has 4 nitrogen and oxygen atoms in total. The zero-order chi connectivity index (χ0) is 17.6. The topological polar surface area (TPSA) is 66.4 Å². The van der Waals surface area contributed by atoms with Crippen LogP contribution < -0.4 is 5.32 Å². The predicted octanol–water partition coefficient (Wildman–Crippen LogP) is 3.45. The van der Waals surface area contributed by atoms with Gasteiger partial charge in [-0.15, -0.1) is 0 Å². The number of alkyl halides is 4. The number of amides is 1. The Morgan fingerprint density at radius 2 is 1.59 bits per heavy atom. The highest BCUT2D eigenvalue weighted by molar-refractivity contribution is 5.92. The van der Waals surface area contributed by atoms with E-state index in [1.807, 2.05) is 13.8 Å². The Labute approximate surface area is 127 Å². The van der Waals surface area contributed by atoms with E-state index in [1.54, 1.807) is 5.32 Å². The van der Waals surface area contributed by atoms with Crippen molar-refractivity contribution in [2.24, 2.45) is 5.92 Å². The van der Waals surface area contributed by atoms with E-state index in [4.69, 9.17) is 5.11 Å². The molecule has 2 N–H and O–H groups in total. The Hall–Kier alpha value is -1.34. The van der Waals surface area contributed by atoms with Crippen LogP contribution in [0.2, 0.25) is 0 Å². The summed E-state index contributed by atoms with van der Waals surface area (Å²) in [5.74, 6) is -15.7. The second kappa shape index (κ2) is 8.33. The van der Waals surface area contributed by atoms with Crippen LogP contribution in [0.1, 0.15) is 52.9 Å². The predicted molar refractivity (Wildman–Crippen MR) is 73.1 cm³/mol. The van der Waals surface area contributed by atoms with Gasteiger partial charge in [0.05, 0.1) is 0 Å². The highest BCUT2D eigenvalue weighted by atomic mass is 19.3. The summed E-state index contributed by atoms with van der Waals surface area (Å²) in [7, 11) is 0.